The van der Waals surface area contributed by atoms with Gasteiger partial charge >= 0.3 is 11.9 Å². The lowest BCUT2D eigenvalue weighted by molar-refractivity contribution is -0.259. The topological polar surface area (TPSA) is 52.6 Å². The van der Waals surface area contributed by atoms with Crippen LogP contribution >= 0.6 is 0 Å². The second-order valence-corrected chi connectivity index (χ2v) is 5.91. The van der Waals surface area contributed by atoms with Gasteiger partial charge in [0.25, 0.3) is 0 Å². The van der Waals surface area contributed by atoms with Gasteiger partial charge in [-0.25, -0.2) is 19.4 Å². The van der Waals surface area contributed by atoms with Crippen molar-refractivity contribution in [3.05, 3.63) is 12.2 Å². The molecule has 0 heterocycles. The van der Waals surface area contributed by atoms with Crippen LogP contribution in [0.1, 0.15) is 97.3 Å². The molecule has 0 saturated carbocycles. The molecule has 23 heavy (non-hydrogen) atoms. The molecule has 134 valence electrons. The van der Waals surface area contributed by atoms with E-state index in [0.717, 1.165) is 25.7 Å². The summed E-state index contributed by atoms with van der Waals surface area (Å²) in [6, 6.07) is 0. The van der Waals surface area contributed by atoms with Crippen LogP contribution < -0.4 is 0 Å². The Hall–Kier alpha value is -1.32. The van der Waals surface area contributed by atoms with E-state index >= 15 is 0 Å². The van der Waals surface area contributed by atoms with E-state index in [1.165, 1.54) is 38.5 Å². The number of unbranched alkanes of at least 4 members (excludes halogenated alkanes) is 8. The van der Waals surface area contributed by atoms with Gasteiger partial charge in [0, 0.05) is 0 Å². The van der Waals surface area contributed by atoms with E-state index in [1.54, 1.807) is 0 Å². The molecule has 0 bridgehead atoms. The lowest BCUT2D eigenvalue weighted by Gasteiger charge is -2.03. The van der Waals surface area contributed by atoms with E-state index in [9.17, 15) is 9.59 Å². The Labute approximate surface area is 141 Å². The van der Waals surface area contributed by atoms with Crippen molar-refractivity contribution in [1.82, 2.24) is 0 Å². The maximum Gasteiger partial charge on any atom is 0.355 e. The van der Waals surface area contributed by atoms with Crippen LogP contribution in [0.5, 0.6) is 0 Å². The molecule has 0 saturated heterocycles. The van der Waals surface area contributed by atoms with E-state index in [0.29, 0.717) is 12.8 Å². The predicted molar refractivity (Wildman–Crippen MR) is 92.7 cm³/mol. The number of carbonyl (C=O) groups is 2. The molecule has 0 amide bonds. The Morgan fingerprint density at radius 3 is 1.78 bits per heavy atom. The number of allylic oxidation sites excluding steroid dienone is 2. The molecule has 0 aromatic rings. The smallest absolute Gasteiger partial charge is 0.247 e. The van der Waals surface area contributed by atoms with Crippen molar-refractivity contribution in [2.45, 2.75) is 97.3 Å². The van der Waals surface area contributed by atoms with Gasteiger partial charge in [0.05, 0.1) is 12.8 Å². The first-order valence-electron chi connectivity index (χ1n) is 9.25. The third kappa shape index (κ3) is 16.9. The average Bonchev–Trinajstić information content (AvgIpc) is 2.55. The Balaban J connectivity index is 3.36. The van der Waals surface area contributed by atoms with E-state index in [-0.39, 0.29) is 6.42 Å². The van der Waals surface area contributed by atoms with Gasteiger partial charge in [-0.15, -0.1) is 0 Å². The summed E-state index contributed by atoms with van der Waals surface area (Å²) in [5.41, 5.74) is 0. The van der Waals surface area contributed by atoms with Crippen LogP contribution in [0, 0.1) is 0 Å². The zero-order chi connectivity index (χ0) is 17.2. The first-order valence-corrected chi connectivity index (χ1v) is 9.25. The molecular weight excluding hydrogens is 292 g/mol. The monoisotopic (exact) mass is 326 g/mol. The van der Waals surface area contributed by atoms with Crippen molar-refractivity contribution in [1.29, 1.82) is 0 Å². The molecule has 0 rings (SSSR count). The zero-order valence-electron chi connectivity index (χ0n) is 15.0. The van der Waals surface area contributed by atoms with Crippen LogP contribution in [-0.4, -0.2) is 11.9 Å². The normalized spacial score (nSPS) is 10.9. The largest absolute Gasteiger partial charge is 0.355 e. The van der Waals surface area contributed by atoms with Gasteiger partial charge in [-0.05, 0) is 19.3 Å². The second-order valence-electron chi connectivity index (χ2n) is 5.91. The number of hydrogen-bond acceptors (Lipinski definition) is 4. The summed E-state index contributed by atoms with van der Waals surface area (Å²) in [6.45, 7) is 4.25. The van der Waals surface area contributed by atoms with Crippen LogP contribution in [0.4, 0.5) is 0 Å². The van der Waals surface area contributed by atoms with Gasteiger partial charge in [-0.3, -0.25) is 0 Å². The summed E-state index contributed by atoms with van der Waals surface area (Å²) < 4.78 is 0. The molecule has 0 unspecified atom stereocenters. The maximum atomic E-state index is 11.4. The first-order chi connectivity index (χ1) is 11.2. The molecule has 0 radical (unpaired) electrons. The Bertz CT molecular complexity index is 323. The summed E-state index contributed by atoms with van der Waals surface area (Å²) >= 11 is 0. The Morgan fingerprint density at radius 2 is 1.22 bits per heavy atom. The SMILES string of the molecule is CC/C=C\CCC(=O)OOC(=O)CCCCCCCCCCC. The van der Waals surface area contributed by atoms with E-state index in [4.69, 9.17) is 0 Å². The lowest BCUT2D eigenvalue weighted by Crippen LogP contribution is -2.10. The minimum absolute atomic E-state index is 0.238. The molecular formula is C19H34O4. The molecule has 0 aromatic heterocycles. The standard InChI is InChI=1S/C19H34O4/c1-3-5-7-9-10-11-12-13-15-17-19(21)23-22-18(20)16-14-8-6-4-2/h6,8H,3-5,7,9-17H2,1-2H3/b8-6-. The molecule has 0 fully saturated rings. The van der Waals surface area contributed by atoms with Crippen molar-refractivity contribution < 1.29 is 19.4 Å². The second kappa shape index (κ2) is 17.0. The predicted octanol–water partition coefficient (Wildman–Crippen LogP) is 5.66. The fraction of sp³-hybridized carbons (Fsp3) is 0.789. The third-order valence-corrected chi connectivity index (χ3v) is 3.63. The summed E-state index contributed by atoms with van der Waals surface area (Å²) in [7, 11) is 0. The van der Waals surface area contributed by atoms with Gasteiger partial charge in [-0.2, -0.15) is 0 Å². The molecule has 0 atom stereocenters. The number of rotatable bonds is 14. The van der Waals surface area contributed by atoms with Crippen molar-refractivity contribution in [2.24, 2.45) is 0 Å². The molecule has 4 nitrogen and oxygen atoms in total. The summed E-state index contributed by atoms with van der Waals surface area (Å²) in [5, 5.41) is 0. The van der Waals surface area contributed by atoms with Crippen molar-refractivity contribution >= 4 is 11.9 Å². The molecule has 0 N–H and O–H groups in total. The van der Waals surface area contributed by atoms with Crippen molar-refractivity contribution in [3.63, 3.8) is 0 Å². The van der Waals surface area contributed by atoms with Crippen LogP contribution in [-0.2, 0) is 19.4 Å². The molecule has 0 spiro atoms. The van der Waals surface area contributed by atoms with Gasteiger partial charge < -0.3 is 0 Å². The minimum Gasteiger partial charge on any atom is -0.247 e. The molecule has 0 aliphatic heterocycles. The molecule has 0 aliphatic rings. The Kier molecular flexibility index (Phi) is 16.1. The number of hydrogen-bond donors (Lipinski definition) is 0. The summed E-state index contributed by atoms with van der Waals surface area (Å²) in [4.78, 5) is 31.7. The third-order valence-electron chi connectivity index (χ3n) is 3.63. The average molecular weight is 326 g/mol. The van der Waals surface area contributed by atoms with Gasteiger partial charge in [0.2, 0.25) is 0 Å². The number of carbonyl (C=O) groups excluding carboxylic acids is 2. The minimum atomic E-state index is -0.494. The highest BCUT2D eigenvalue weighted by Crippen LogP contribution is 2.10. The highest BCUT2D eigenvalue weighted by atomic mass is 17.2. The van der Waals surface area contributed by atoms with Crippen molar-refractivity contribution in [2.75, 3.05) is 0 Å². The van der Waals surface area contributed by atoms with Crippen LogP contribution in [0.2, 0.25) is 0 Å². The van der Waals surface area contributed by atoms with E-state index < -0.39 is 11.9 Å². The highest BCUT2D eigenvalue weighted by Gasteiger charge is 2.08. The van der Waals surface area contributed by atoms with Crippen molar-refractivity contribution in [3.8, 4) is 0 Å². The van der Waals surface area contributed by atoms with Gasteiger partial charge in [-0.1, -0.05) is 77.4 Å². The Morgan fingerprint density at radius 1 is 0.696 bits per heavy atom. The fourth-order valence-electron chi connectivity index (χ4n) is 2.24. The van der Waals surface area contributed by atoms with E-state index in [2.05, 4.69) is 16.7 Å². The molecule has 4 heteroatoms. The fourth-order valence-corrected chi connectivity index (χ4v) is 2.24. The summed E-state index contributed by atoms with van der Waals surface area (Å²) in [5.74, 6) is -0.948. The van der Waals surface area contributed by atoms with Crippen LogP contribution in [0.15, 0.2) is 12.2 Å². The van der Waals surface area contributed by atoms with E-state index in [1.807, 2.05) is 19.1 Å². The van der Waals surface area contributed by atoms with Crippen LogP contribution in [0.25, 0.3) is 0 Å². The maximum absolute atomic E-state index is 11.4. The van der Waals surface area contributed by atoms with Gasteiger partial charge in [0.15, 0.2) is 0 Å². The molecule has 0 aromatic carbocycles. The molecule has 0 aliphatic carbocycles. The highest BCUT2D eigenvalue weighted by molar-refractivity contribution is 5.72. The summed E-state index contributed by atoms with van der Waals surface area (Å²) in [6.07, 6.45) is 16.8. The first kappa shape index (κ1) is 21.7. The quantitative estimate of drug-likeness (QED) is 0.179. The zero-order valence-corrected chi connectivity index (χ0v) is 15.0. The van der Waals surface area contributed by atoms with Gasteiger partial charge in [0.1, 0.15) is 0 Å². The lowest BCUT2D eigenvalue weighted by atomic mass is 10.1. The van der Waals surface area contributed by atoms with Crippen LogP contribution in [0.3, 0.4) is 0 Å².